The molecule has 0 aliphatic carbocycles. The first kappa shape index (κ1) is 14.6. The van der Waals surface area contributed by atoms with Crippen LogP contribution in [0.2, 0.25) is 0 Å². The molecule has 1 unspecified atom stereocenters. The Bertz CT molecular complexity index is 496. The molecule has 0 aliphatic rings. The van der Waals surface area contributed by atoms with E-state index in [1.165, 1.54) is 5.56 Å². The van der Waals surface area contributed by atoms with E-state index >= 15 is 0 Å². The van der Waals surface area contributed by atoms with Gasteiger partial charge in [0.15, 0.2) is 0 Å². The molecule has 1 aromatic carbocycles. The van der Waals surface area contributed by atoms with Crippen LogP contribution in [0.4, 0.5) is 0 Å². The van der Waals surface area contributed by atoms with Crippen molar-refractivity contribution < 1.29 is 4.74 Å². The van der Waals surface area contributed by atoms with Crippen LogP contribution < -0.4 is 10.1 Å². The lowest BCUT2D eigenvalue weighted by Gasteiger charge is -2.14. The van der Waals surface area contributed by atoms with Crippen LogP contribution in [0.3, 0.4) is 0 Å². The Hall–Kier alpha value is -1.81. The van der Waals surface area contributed by atoms with E-state index in [9.17, 15) is 0 Å². The number of aryl methyl sites for hydroxylation is 1. The topological polar surface area (TPSA) is 39.1 Å². The molecular formula is C16H23N3O. The van der Waals surface area contributed by atoms with E-state index in [-0.39, 0.29) is 0 Å². The molecule has 0 bridgehead atoms. The van der Waals surface area contributed by atoms with Gasteiger partial charge in [-0.3, -0.25) is 4.68 Å². The third-order valence-corrected chi connectivity index (χ3v) is 3.43. The van der Waals surface area contributed by atoms with E-state index in [0.717, 1.165) is 31.7 Å². The molecule has 2 rings (SSSR count). The lowest BCUT2D eigenvalue weighted by atomic mass is 10.1. The fraction of sp³-hybridized carbons (Fsp3) is 0.438. The molecule has 0 fully saturated rings. The van der Waals surface area contributed by atoms with Crippen LogP contribution in [0, 0.1) is 0 Å². The normalized spacial score (nSPS) is 12.3. The quantitative estimate of drug-likeness (QED) is 0.803. The average molecular weight is 273 g/mol. The van der Waals surface area contributed by atoms with Gasteiger partial charge in [0.2, 0.25) is 0 Å². The fourth-order valence-electron chi connectivity index (χ4n) is 2.22. The molecule has 1 N–H and O–H groups in total. The lowest BCUT2D eigenvalue weighted by molar-refractivity contribution is 0.407. The second kappa shape index (κ2) is 7.70. The van der Waals surface area contributed by atoms with Crippen molar-refractivity contribution in [3.05, 3.63) is 48.3 Å². The highest BCUT2D eigenvalue weighted by atomic mass is 16.5. The largest absolute Gasteiger partial charge is 0.496 e. The van der Waals surface area contributed by atoms with Crippen molar-refractivity contribution in [2.75, 3.05) is 13.7 Å². The van der Waals surface area contributed by atoms with Gasteiger partial charge < -0.3 is 10.1 Å². The average Bonchev–Trinajstić information content (AvgIpc) is 2.99. The zero-order valence-electron chi connectivity index (χ0n) is 12.2. The minimum absolute atomic E-state index is 0.480. The third kappa shape index (κ3) is 4.38. The van der Waals surface area contributed by atoms with E-state index in [1.807, 2.05) is 35.3 Å². The summed E-state index contributed by atoms with van der Waals surface area (Å²) in [6.07, 6.45) is 5.88. The summed E-state index contributed by atoms with van der Waals surface area (Å²) in [5.74, 6) is 0.971. The highest BCUT2D eigenvalue weighted by Gasteiger charge is 2.04. The minimum Gasteiger partial charge on any atom is -0.496 e. The van der Waals surface area contributed by atoms with Gasteiger partial charge in [-0.1, -0.05) is 18.2 Å². The van der Waals surface area contributed by atoms with Crippen molar-refractivity contribution in [1.82, 2.24) is 15.1 Å². The number of ether oxygens (including phenoxy) is 1. The van der Waals surface area contributed by atoms with Gasteiger partial charge in [-0.05, 0) is 44.0 Å². The maximum absolute atomic E-state index is 5.36. The molecule has 0 radical (unpaired) electrons. The van der Waals surface area contributed by atoms with Gasteiger partial charge in [0.1, 0.15) is 5.75 Å². The Balaban J connectivity index is 1.69. The van der Waals surface area contributed by atoms with E-state index in [2.05, 4.69) is 29.5 Å². The Kier molecular flexibility index (Phi) is 5.62. The number of hydrogen-bond donors (Lipinski definition) is 1. The summed E-state index contributed by atoms with van der Waals surface area (Å²) in [5, 5.41) is 7.76. The smallest absolute Gasteiger partial charge is 0.122 e. The summed E-state index contributed by atoms with van der Waals surface area (Å²) in [6, 6.07) is 10.6. The number of para-hydroxylation sites is 1. The molecule has 4 heteroatoms. The number of nitrogens with zero attached hydrogens (tertiary/aromatic N) is 2. The van der Waals surface area contributed by atoms with Crippen molar-refractivity contribution in [3.63, 3.8) is 0 Å². The number of nitrogens with one attached hydrogen (secondary N) is 1. The van der Waals surface area contributed by atoms with Crippen molar-refractivity contribution in [2.45, 2.75) is 32.4 Å². The lowest BCUT2D eigenvalue weighted by Crippen LogP contribution is -2.29. The maximum Gasteiger partial charge on any atom is 0.122 e. The van der Waals surface area contributed by atoms with Gasteiger partial charge in [0, 0.05) is 25.0 Å². The molecule has 1 aromatic heterocycles. The monoisotopic (exact) mass is 273 g/mol. The molecular weight excluding hydrogens is 250 g/mol. The number of aromatic nitrogens is 2. The number of methoxy groups -OCH3 is 1. The van der Waals surface area contributed by atoms with Crippen LogP contribution in [0.15, 0.2) is 42.7 Å². The van der Waals surface area contributed by atoms with Gasteiger partial charge in [-0.2, -0.15) is 5.10 Å². The molecule has 2 aromatic rings. The van der Waals surface area contributed by atoms with Crippen molar-refractivity contribution in [2.24, 2.45) is 0 Å². The van der Waals surface area contributed by atoms with Gasteiger partial charge in [0.25, 0.3) is 0 Å². The molecule has 1 heterocycles. The molecule has 0 spiro atoms. The maximum atomic E-state index is 5.36. The van der Waals surface area contributed by atoms with E-state index < -0.39 is 0 Å². The zero-order valence-corrected chi connectivity index (χ0v) is 12.2. The van der Waals surface area contributed by atoms with Crippen LogP contribution >= 0.6 is 0 Å². The van der Waals surface area contributed by atoms with Gasteiger partial charge in [0.05, 0.1) is 7.11 Å². The third-order valence-electron chi connectivity index (χ3n) is 3.43. The minimum atomic E-state index is 0.480. The highest BCUT2D eigenvalue weighted by molar-refractivity contribution is 5.33. The summed E-state index contributed by atoms with van der Waals surface area (Å²) in [5.41, 5.74) is 1.25. The summed E-state index contributed by atoms with van der Waals surface area (Å²) in [6.45, 7) is 4.13. The predicted molar refractivity (Wildman–Crippen MR) is 81.0 cm³/mol. The Labute approximate surface area is 120 Å². The van der Waals surface area contributed by atoms with Crippen molar-refractivity contribution in [3.8, 4) is 5.75 Å². The summed E-state index contributed by atoms with van der Waals surface area (Å²) < 4.78 is 7.33. The summed E-state index contributed by atoms with van der Waals surface area (Å²) >= 11 is 0. The van der Waals surface area contributed by atoms with E-state index in [1.54, 1.807) is 7.11 Å². The van der Waals surface area contributed by atoms with Gasteiger partial charge in [-0.25, -0.2) is 0 Å². The molecule has 0 aliphatic heterocycles. The van der Waals surface area contributed by atoms with Gasteiger partial charge in [-0.15, -0.1) is 0 Å². The van der Waals surface area contributed by atoms with Crippen LogP contribution in [0.1, 0.15) is 18.9 Å². The van der Waals surface area contributed by atoms with Crippen LogP contribution in [0.5, 0.6) is 5.75 Å². The molecule has 0 amide bonds. The number of benzene rings is 1. The van der Waals surface area contributed by atoms with Crippen LogP contribution in [-0.4, -0.2) is 29.5 Å². The van der Waals surface area contributed by atoms with Gasteiger partial charge >= 0.3 is 0 Å². The SMILES string of the molecule is COc1ccccc1CCNC(C)CCn1cccn1. The van der Waals surface area contributed by atoms with Crippen molar-refractivity contribution in [1.29, 1.82) is 0 Å². The van der Waals surface area contributed by atoms with Crippen molar-refractivity contribution >= 4 is 0 Å². The number of rotatable bonds is 8. The van der Waals surface area contributed by atoms with E-state index in [0.29, 0.717) is 6.04 Å². The second-order valence-corrected chi connectivity index (χ2v) is 4.97. The Morgan fingerprint density at radius 3 is 2.90 bits per heavy atom. The molecule has 0 saturated carbocycles. The summed E-state index contributed by atoms with van der Waals surface area (Å²) in [4.78, 5) is 0. The predicted octanol–water partition coefficient (Wildman–Crippen LogP) is 2.50. The molecule has 1 atom stereocenters. The molecule has 4 nitrogen and oxygen atoms in total. The van der Waals surface area contributed by atoms with Crippen LogP contribution in [-0.2, 0) is 13.0 Å². The first-order valence-corrected chi connectivity index (χ1v) is 7.12. The first-order valence-electron chi connectivity index (χ1n) is 7.12. The second-order valence-electron chi connectivity index (χ2n) is 4.97. The number of hydrogen-bond acceptors (Lipinski definition) is 3. The summed E-state index contributed by atoms with van der Waals surface area (Å²) in [7, 11) is 1.72. The first-order chi connectivity index (χ1) is 9.79. The fourth-order valence-corrected chi connectivity index (χ4v) is 2.22. The standard InChI is InChI=1S/C16H23N3O/c1-14(9-13-19-12-5-10-18-19)17-11-8-15-6-3-4-7-16(15)20-2/h3-7,10,12,14,17H,8-9,11,13H2,1-2H3. The molecule has 20 heavy (non-hydrogen) atoms. The van der Waals surface area contributed by atoms with E-state index in [4.69, 9.17) is 4.74 Å². The zero-order chi connectivity index (χ0) is 14.2. The van der Waals surface area contributed by atoms with Crippen LogP contribution in [0.25, 0.3) is 0 Å². The highest BCUT2D eigenvalue weighted by Crippen LogP contribution is 2.17. The molecule has 0 saturated heterocycles. The Morgan fingerprint density at radius 2 is 2.15 bits per heavy atom. The Morgan fingerprint density at radius 1 is 1.30 bits per heavy atom. The molecule has 108 valence electrons.